The normalized spacial score (nSPS) is 37.0. The van der Waals surface area contributed by atoms with Crippen LogP contribution in [0.3, 0.4) is 0 Å². The molecule has 3 N–H and O–H groups in total. The maximum absolute atomic E-state index is 12.2. The lowest BCUT2D eigenvalue weighted by Crippen LogP contribution is -2.37. The minimum atomic E-state index is -1.21. The lowest BCUT2D eigenvalue weighted by Gasteiger charge is -2.22. The Morgan fingerprint density at radius 1 is 1.50 bits per heavy atom. The number of ether oxygens (including phenoxy) is 2. The summed E-state index contributed by atoms with van der Waals surface area (Å²) >= 11 is 4.66. The van der Waals surface area contributed by atoms with Crippen molar-refractivity contribution in [2.45, 2.75) is 45.3 Å². The van der Waals surface area contributed by atoms with Crippen molar-refractivity contribution < 1.29 is 19.1 Å². The van der Waals surface area contributed by atoms with Crippen LogP contribution in [0.25, 0.3) is 0 Å². The molecule has 0 aromatic rings. The minimum absolute atomic E-state index is 0.0147. The molecule has 0 aromatic heterocycles. The first-order chi connectivity index (χ1) is 9.19. The predicted octanol–water partition coefficient (Wildman–Crippen LogP) is 0.223. The number of rotatable bonds is 2. The van der Waals surface area contributed by atoms with E-state index in [0.717, 1.165) is 0 Å². The zero-order chi connectivity index (χ0) is 15.1. The number of carbonyl (C=O) groups excluding carboxylic acids is 2. The maximum Gasteiger partial charge on any atom is 0.324 e. The average Bonchev–Trinajstić information content (AvgIpc) is 2.75. The van der Waals surface area contributed by atoms with E-state index < -0.39 is 23.0 Å². The fourth-order valence-corrected chi connectivity index (χ4v) is 2.71. The number of nitrogens with zero attached hydrogens (tertiary/aromatic N) is 1. The molecule has 0 amide bonds. The number of hydrogen-bond acceptors (Lipinski definition) is 6. The fraction of sp³-hybridized carbons (Fsp3) is 0.667. The van der Waals surface area contributed by atoms with Crippen LogP contribution in [0.15, 0.2) is 5.10 Å². The van der Waals surface area contributed by atoms with Crippen LogP contribution in [0.1, 0.15) is 33.6 Å². The van der Waals surface area contributed by atoms with Gasteiger partial charge in [0.15, 0.2) is 16.1 Å². The summed E-state index contributed by atoms with van der Waals surface area (Å²) < 4.78 is 10.5. The molecule has 7 nitrogen and oxygen atoms in total. The summed E-state index contributed by atoms with van der Waals surface area (Å²) in [7, 11) is 0. The van der Waals surface area contributed by atoms with Crippen LogP contribution in [-0.2, 0) is 19.1 Å². The molecule has 0 radical (unpaired) electrons. The van der Waals surface area contributed by atoms with E-state index in [2.05, 4.69) is 22.7 Å². The van der Waals surface area contributed by atoms with Crippen molar-refractivity contribution in [1.82, 2.24) is 5.43 Å². The Morgan fingerprint density at radius 3 is 2.65 bits per heavy atom. The minimum Gasteiger partial charge on any atom is -0.462 e. The highest BCUT2D eigenvalue weighted by Gasteiger charge is 2.64. The van der Waals surface area contributed by atoms with Gasteiger partial charge in [-0.1, -0.05) is 0 Å². The summed E-state index contributed by atoms with van der Waals surface area (Å²) in [6.45, 7) is 5.14. The van der Waals surface area contributed by atoms with Gasteiger partial charge in [0.1, 0.15) is 6.10 Å². The SMILES string of the molecule is CC(=NNC(N)=S)C1(C)CC2(CC(C)OC2=O)C(=O)O1. The first-order valence-corrected chi connectivity index (χ1v) is 6.65. The molecule has 2 saturated heterocycles. The summed E-state index contributed by atoms with van der Waals surface area (Å²) in [6.07, 6.45) is 0.247. The van der Waals surface area contributed by atoms with E-state index in [-0.39, 0.29) is 17.6 Å². The highest BCUT2D eigenvalue weighted by molar-refractivity contribution is 7.80. The van der Waals surface area contributed by atoms with Crippen LogP contribution >= 0.6 is 12.2 Å². The van der Waals surface area contributed by atoms with Gasteiger partial charge in [-0.15, -0.1) is 0 Å². The van der Waals surface area contributed by atoms with Crippen molar-refractivity contribution in [3.05, 3.63) is 0 Å². The van der Waals surface area contributed by atoms with Crippen molar-refractivity contribution in [3.8, 4) is 0 Å². The molecule has 2 aliphatic rings. The van der Waals surface area contributed by atoms with Crippen molar-refractivity contribution >= 4 is 35.0 Å². The van der Waals surface area contributed by atoms with Gasteiger partial charge in [-0.3, -0.25) is 15.0 Å². The lowest BCUT2D eigenvalue weighted by molar-refractivity contribution is -0.158. The molecular formula is C12H17N3O4S. The smallest absolute Gasteiger partial charge is 0.324 e. The van der Waals surface area contributed by atoms with E-state index in [1.54, 1.807) is 20.8 Å². The number of carbonyl (C=O) groups is 2. The molecule has 2 rings (SSSR count). The van der Waals surface area contributed by atoms with Crippen LogP contribution in [-0.4, -0.2) is 34.5 Å². The Labute approximate surface area is 121 Å². The molecule has 3 unspecified atom stereocenters. The van der Waals surface area contributed by atoms with E-state index in [9.17, 15) is 9.59 Å². The molecule has 3 atom stereocenters. The van der Waals surface area contributed by atoms with Crippen molar-refractivity contribution in [1.29, 1.82) is 0 Å². The van der Waals surface area contributed by atoms with E-state index >= 15 is 0 Å². The highest BCUT2D eigenvalue weighted by atomic mass is 32.1. The third-order valence-corrected chi connectivity index (χ3v) is 3.87. The number of nitrogens with one attached hydrogen (secondary N) is 1. The molecule has 0 saturated carbocycles. The Hall–Kier alpha value is -1.70. The van der Waals surface area contributed by atoms with E-state index in [1.807, 2.05) is 0 Å². The van der Waals surface area contributed by atoms with Gasteiger partial charge in [0, 0.05) is 12.8 Å². The summed E-state index contributed by atoms with van der Waals surface area (Å²) in [5, 5.41) is 4.00. The Bertz CT molecular complexity index is 521. The molecule has 8 heteroatoms. The van der Waals surface area contributed by atoms with E-state index in [1.165, 1.54) is 0 Å². The summed E-state index contributed by atoms with van der Waals surface area (Å²) in [4.78, 5) is 24.1. The van der Waals surface area contributed by atoms with Gasteiger partial charge in [0.2, 0.25) is 0 Å². The van der Waals surface area contributed by atoms with Gasteiger partial charge < -0.3 is 15.2 Å². The van der Waals surface area contributed by atoms with Crippen molar-refractivity contribution in [2.75, 3.05) is 0 Å². The van der Waals surface area contributed by atoms with Gasteiger partial charge in [0.25, 0.3) is 0 Å². The molecule has 0 aromatic carbocycles. The lowest BCUT2D eigenvalue weighted by atomic mass is 9.77. The summed E-state index contributed by atoms with van der Waals surface area (Å²) in [5.74, 6) is -1.08. The van der Waals surface area contributed by atoms with Crippen molar-refractivity contribution in [3.63, 3.8) is 0 Å². The maximum atomic E-state index is 12.2. The van der Waals surface area contributed by atoms with E-state index in [0.29, 0.717) is 12.1 Å². The standard InChI is InChI=1S/C12H17N3O4S/c1-6-4-12(8(16)18-6)5-11(3,19-9(12)17)7(2)14-15-10(13)20/h6H,4-5H2,1-3H3,(H3,13,15,20). The average molecular weight is 299 g/mol. The number of hydrogen-bond donors (Lipinski definition) is 2. The Kier molecular flexibility index (Phi) is 3.45. The van der Waals surface area contributed by atoms with Crippen molar-refractivity contribution in [2.24, 2.45) is 16.3 Å². The van der Waals surface area contributed by atoms with Crippen LogP contribution in [0.2, 0.25) is 0 Å². The van der Waals surface area contributed by atoms with Gasteiger partial charge in [-0.25, -0.2) is 0 Å². The Balaban J connectivity index is 2.25. The van der Waals surface area contributed by atoms with Gasteiger partial charge in [0.05, 0.1) is 5.71 Å². The van der Waals surface area contributed by atoms with Gasteiger partial charge >= 0.3 is 11.9 Å². The molecule has 0 bridgehead atoms. The fourth-order valence-electron chi connectivity index (χ4n) is 2.67. The first kappa shape index (κ1) is 14.7. The van der Waals surface area contributed by atoms with Crippen LogP contribution in [0.4, 0.5) is 0 Å². The first-order valence-electron chi connectivity index (χ1n) is 6.24. The van der Waals surface area contributed by atoms with Gasteiger partial charge in [-0.2, -0.15) is 5.10 Å². The monoisotopic (exact) mass is 299 g/mol. The van der Waals surface area contributed by atoms with Crippen LogP contribution in [0.5, 0.6) is 0 Å². The zero-order valence-electron chi connectivity index (χ0n) is 11.6. The van der Waals surface area contributed by atoms with Crippen LogP contribution < -0.4 is 11.2 Å². The predicted molar refractivity (Wildman–Crippen MR) is 74.7 cm³/mol. The zero-order valence-corrected chi connectivity index (χ0v) is 12.4. The Morgan fingerprint density at radius 2 is 2.15 bits per heavy atom. The number of esters is 2. The van der Waals surface area contributed by atoms with Gasteiger partial charge in [-0.05, 0) is 33.0 Å². The number of nitrogens with two attached hydrogens (primary N) is 1. The molecule has 0 aliphatic carbocycles. The second kappa shape index (κ2) is 4.69. The molecule has 20 heavy (non-hydrogen) atoms. The molecule has 2 heterocycles. The summed E-state index contributed by atoms with van der Waals surface area (Å²) in [6, 6.07) is 0. The third-order valence-electron chi connectivity index (χ3n) is 3.78. The second-order valence-electron chi connectivity index (χ2n) is 5.47. The van der Waals surface area contributed by atoms with E-state index in [4.69, 9.17) is 15.2 Å². The third kappa shape index (κ3) is 2.24. The molecule has 2 aliphatic heterocycles. The molecule has 2 fully saturated rings. The molecule has 1 spiro atoms. The largest absolute Gasteiger partial charge is 0.462 e. The second-order valence-corrected chi connectivity index (χ2v) is 5.91. The highest BCUT2D eigenvalue weighted by Crippen LogP contribution is 2.49. The topological polar surface area (TPSA) is 103 Å². The number of thiocarbonyl (C=S) groups is 1. The summed E-state index contributed by atoms with van der Waals surface area (Å²) in [5.41, 5.74) is 6.05. The quantitative estimate of drug-likeness (QED) is 0.247. The number of cyclic esters (lactones) is 2. The number of hydrazone groups is 1. The molecular weight excluding hydrogens is 282 g/mol. The molecule has 110 valence electrons. The van der Waals surface area contributed by atoms with Crippen LogP contribution in [0, 0.1) is 5.41 Å².